The summed E-state index contributed by atoms with van der Waals surface area (Å²) in [7, 11) is 0. The first-order valence-corrected chi connectivity index (χ1v) is 6.98. The summed E-state index contributed by atoms with van der Waals surface area (Å²) in [5.74, 6) is 0.541. The average molecular weight is 283 g/mol. The number of nitrogens with zero attached hydrogens (tertiary/aromatic N) is 1. The number of rotatable bonds is 4. The predicted octanol–water partition coefficient (Wildman–Crippen LogP) is 2.19. The Bertz CT molecular complexity index is 445. The van der Waals surface area contributed by atoms with Crippen molar-refractivity contribution in [1.82, 2.24) is 4.90 Å². The van der Waals surface area contributed by atoms with E-state index < -0.39 is 0 Å². The molecule has 1 aliphatic heterocycles. The average Bonchev–Trinajstić information content (AvgIpc) is 2.46. The van der Waals surface area contributed by atoms with Gasteiger partial charge in [0.25, 0.3) is 5.91 Å². The monoisotopic (exact) mass is 282 g/mol. The van der Waals surface area contributed by atoms with E-state index in [0.717, 1.165) is 31.5 Å². The summed E-state index contributed by atoms with van der Waals surface area (Å²) in [6.45, 7) is 2.02. The summed E-state index contributed by atoms with van der Waals surface area (Å²) in [4.78, 5) is 13.9. The number of hydrogen-bond donors (Lipinski definition) is 1. The van der Waals surface area contributed by atoms with Gasteiger partial charge in [0, 0.05) is 25.2 Å². The van der Waals surface area contributed by atoms with Crippen LogP contribution in [0.4, 0.5) is 0 Å². The number of nitrogens with two attached hydrogens (primary N) is 1. The minimum absolute atomic E-state index is 0.0163. The van der Waals surface area contributed by atoms with Crippen LogP contribution in [0.25, 0.3) is 0 Å². The minimum Gasteiger partial charge on any atom is -0.482 e. The summed E-state index contributed by atoms with van der Waals surface area (Å²) in [5, 5.41) is 0.495. The molecule has 1 amide bonds. The third-order valence-corrected chi connectivity index (χ3v) is 3.61. The quantitative estimate of drug-likeness (QED) is 0.921. The highest BCUT2D eigenvalue weighted by Crippen LogP contribution is 2.28. The number of carbonyl (C=O) groups excluding carboxylic acids is 1. The highest BCUT2D eigenvalue weighted by molar-refractivity contribution is 6.32. The Morgan fingerprint density at radius 3 is 2.74 bits per heavy atom. The molecule has 0 radical (unpaired) electrons. The van der Waals surface area contributed by atoms with Crippen molar-refractivity contribution < 1.29 is 9.53 Å². The van der Waals surface area contributed by atoms with Crippen LogP contribution in [0.5, 0.6) is 5.75 Å². The highest BCUT2D eigenvalue weighted by atomic mass is 35.5. The molecule has 0 spiro atoms. The number of piperidine rings is 1. The first-order chi connectivity index (χ1) is 9.22. The lowest BCUT2D eigenvalue weighted by Crippen LogP contribution is -2.38. The van der Waals surface area contributed by atoms with Crippen LogP contribution < -0.4 is 10.5 Å². The Hall–Kier alpha value is -1.26. The Balaban J connectivity index is 1.96. The molecule has 1 heterocycles. The van der Waals surface area contributed by atoms with E-state index in [0.29, 0.717) is 17.3 Å². The number of hydrogen-bond acceptors (Lipinski definition) is 3. The van der Waals surface area contributed by atoms with E-state index in [-0.39, 0.29) is 12.5 Å². The zero-order chi connectivity index (χ0) is 13.7. The number of carbonyl (C=O) groups is 1. The summed E-state index contributed by atoms with van der Waals surface area (Å²) in [5.41, 5.74) is 6.45. The molecule has 1 aliphatic rings. The van der Waals surface area contributed by atoms with Gasteiger partial charge in [0.15, 0.2) is 6.61 Å². The summed E-state index contributed by atoms with van der Waals surface area (Å²) >= 11 is 6.07. The third kappa shape index (κ3) is 3.61. The van der Waals surface area contributed by atoms with Gasteiger partial charge in [-0.25, -0.2) is 0 Å². The topological polar surface area (TPSA) is 55.6 Å². The van der Waals surface area contributed by atoms with Crippen molar-refractivity contribution in [3.8, 4) is 5.75 Å². The lowest BCUT2D eigenvalue weighted by atomic mass is 10.1. The molecule has 104 valence electrons. The maximum atomic E-state index is 12.0. The van der Waals surface area contributed by atoms with Gasteiger partial charge in [-0.3, -0.25) is 4.79 Å². The Labute approximate surface area is 118 Å². The van der Waals surface area contributed by atoms with Crippen LogP contribution in [0.2, 0.25) is 5.02 Å². The minimum atomic E-state index is 0.0163. The van der Waals surface area contributed by atoms with E-state index in [2.05, 4.69) is 0 Å². The first-order valence-electron chi connectivity index (χ1n) is 6.60. The molecular formula is C14H19ClN2O2. The first kappa shape index (κ1) is 14.2. The lowest BCUT2D eigenvalue weighted by molar-refractivity contribution is -0.134. The lowest BCUT2D eigenvalue weighted by Gasteiger charge is -2.26. The van der Waals surface area contributed by atoms with Crippen molar-refractivity contribution >= 4 is 17.5 Å². The van der Waals surface area contributed by atoms with Gasteiger partial charge in [-0.05, 0) is 25.3 Å². The van der Waals surface area contributed by atoms with E-state index in [1.165, 1.54) is 6.42 Å². The van der Waals surface area contributed by atoms with Crippen LogP contribution in [-0.2, 0) is 11.3 Å². The Morgan fingerprint density at radius 2 is 2.05 bits per heavy atom. The largest absolute Gasteiger partial charge is 0.482 e. The van der Waals surface area contributed by atoms with Crippen molar-refractivity contribution in [3.05, 3.63) is 28.8 Å². The van der Waals surface area contributed by atoms with E-state index in [9.17, 15) is 4.79 Å². The van der Waals surface area contributed by atoms with Crippen LogP contribution in [0.15, 0.2) is 18.2 Å². The predicted molar refractivity (Wildman–Crippen MR) is 75.3 cm³/mol. The molecule has 0 unspecified atom stereocenters. The second-order valence-corrected chi connectivity index (χ2v) is 5.07. The van der Waals surface area contributed by atoms with Gasteiger partial charge in [-0.1, -0.05) is 23.7 Å². The van der Waals surface area contributed by atoms with E-state index >= 15 is 0 Å². The highest BCUT2D eigenvalue weighted by Gasteiger charge is 2.18. The fourth-order valence-corrected chi connectivity index (χ4v) is 2.49. The molecule has 0 aliphatic carbocycles. The van der Waals surface area contributed by atoms with E-state index in [1.807, 2.05) is 17.0 Å². The summed E-state index contributed by atoms with van der Waals surface area (Å²) < 4.78 is 5.57. The van der Waals surface area contributed by atoms with Gasteiger partial charge < -0.3 is 15.4 Å². The summed E-state index contributed by atoms with van der Waals surface area (Å²) in [6.07, 6.45) is 3.35. The van der Waals surface area contributed by atoms with Crippen molar-refractivity contribution in [2.75, 3.05) is 19.7 Å². The zero-order valence-electron chi connectivity index (χ0n) is 10.9. The van der Waals surface area contributed by atoms with Gasteiger partial charge in [0.2, 0.25) is 0 Å². The van der Waals surface area contributed by atoms with Crippen molar-refractivity contribution in [3.63, 3.8) is 0 Å². The fraction of sp³-hybridized carbons (Fsp3) is 0.500. The molecule has 1 saturated heterocycles. The van der Waals surface area contributed by atoms with E-state index in [4.69, 9.17) is 22.1 Å². The van der Waals surface area contributed by atoms with E-state index in [1.54, 1.807) is 6.07 Å². The third-order valence-electron chi connectivity index (χ3n) is 3.32. The second-order valence-electron chi connectivity index (χ2n) is 4.66. The molecule has 1 aromatic rings. The van der Waals surface area contributed by atoms with Crippen LogP contribution in [0, 0.1) is 0 Å². The molecule has 0 saturated carbocycles. The van der Waals surface area contributed by atoms with Gasteiger partial charge in [0.05, 0.1) is 5.02 Å². The van der Waals surface area contributed by atoms with Gasteiger partial charge in [-0.2, -0.15) is 0 Å². The molecule has 0 bridgehead atoms. The van der Waals surface area contributed by atoms with Crippen LogP contribution in [-0.4, -0.2) is 30.5 Å². The second kappa shape index (κ2) is 6.78. The van der Waals surface area contributed by atoms with Crippen molar-refractivity contribution in [2.24, 2.45) is 5.73 Å². The normalized spacial score (nSPS) is 15.4. The van der Waals surface area contributed by atoms with Crippen LogP contribution >= 0.6 is 11.6 Å². The molecule has 2 N–H and O–H groups in total. The molecule has 1 aromatic carbocycles. The smallest absolute Gasteiger partial charge is 0.260 e. The fourth-order valence-electron chi connectivity index (χ4n) is 2.24. The number of ether oxygens (including phenoxy) is 1. The summed E-state index contributed by atoms with van der Waals surface area (Å²) in [6, 6.07) is 5.41. The van der Waals surface area contributed by atoms with Crippen molar-refractivity contribution in [2.45, 2.75) is 25.8 Å². The molecule has 1 fully saturated rings. The Morgan fingerprint density at radius 1 is 1.32 bits per heavy atom. The van der Waals surface area contributed by atoms with Crippen molar-refractivity contribution in [1.29, 1.82) is 0 Å². The van der Waals surface area contributed by atoms with Gasteiger partial charge in [0.1, 0.15) is 5.75 Å². The van der Waals surface area contributed by atoms with Crippen LogP contribution in [0.3, 0.4) is 0 Å². The standard InChI is InChI=1S/C14H19ClN2O2/c15-12-6-4-5-11(9-16)14(12)19-10-13(18)17-7-2-1-3-8-17/h4-6H,1-3,7-10,16H2. The maximum absolute atomic E-state index is 12.0. The number of para-hydroxylation sites is 1. The van der Waals surface area contributed by atoms with Gasteiger partial charge >= 0.3 is 0 Å². The van der Waals surface area contributed by atoms with Crippen LogP contribution in [0.1, 0.15) is 24.8 Å². The molecule has 4 nitrogen and oxygen atoms in total. The number of benzene rings is 1. The zero-order valence-corrected chi connectivity index (χ0v) is 11.7. The molecule has 0 atom stereocenters. The maximum Gasteiger partial charge on any atom is 0.260 e. The number of amides is 1. The SMILES string of the molecule is NCc1cccc(Cl)c1OCC(=O)N1CCCCC1. The molecule has 0 aromatic heterocycles. The number of halogens is 1. The Kier molecular flexibility index (Phi) is 5.05. The molecule has 19 heavy (non-hydrogen) atoms. The van der Waals surface area contributed by atoms with Gasteiger partial charge in [-0.15, -0.1) is 0 Å². The number of likely N-dealkylation sites (tertiary alicyclic amines) is 1. The molecular weight excluding hydrogens is 264 g/mol. The molecule has 5 heteroatoms. The molecule has 2 rings (SSSR count).